The van der Waals surface area contributed by atoms with E-state index in [2.05, 4.69) is 108 Å². The Bertz CT molecular complexity index is 1270. The van der Waals surface area contributed by atoms with Crippen LogP contribution in [0, 0.1) is 19.3 Å². The molecule has 1 amide bonds. The molecule has 0 unspecified atom stereocenters. The second kappa shape index (κ2) is 12.7. The Balaban J connectivity index is 1.83. The summed E-state index contributed by atoms with van der Waals surface area (Å²) in [6, 6.07) is 17.6. The number of esters is 1. The summed E-state index contributed by atoms with van der Waals surface area (Å²) in [5, 5.41) is 3.05. The average molecular weight is 566 g/mol. The zero-order chi connectivity index (χ0) is 29.0. The van der Waals surface area contributed by atoms with Crippen LogP contribution >= 0.6 is 23.1 Å². The first-order chi connectivity index (χ1) is 18.2. The third-order valence-corrected chi connectivity index (χ3v) is 9.19. The van der Waals surface area contributed by atoms with Gasteiger partial charge in [0.15, 0.2) is 0 Å². The van der Waals surface area contributed by atoms with Gasteiger partial charge in [-0.3, -0.25) is 9.59 Å². The van der Waals surface area contributed by atoms with E-state index >= 15 is 0 Å². The maximum Gasteiger partial charge on any atom is 0.307 e. The van der Waals surface area contributed by atoms with Crippen LogP contribution in [0.15, 0.2) is 53.4 Å². The molecule has 1 atom stereocenters. The van der Waals surface area contributed by atoms with Crippen LogP contribution in [0.1, 0.15) is 90.9 Å². The Morgan fingerprint density at radius 1 is 0.949 bits per heavy atom. The number of rotatable bonds is 9. The van der Waals surface area contributed by atoms with E-state index in [1.54, 1.807) is 0 Å². The zero-order valence-electron chi connectivity index (χ0n) is 24.9. The van der Waals surface area contributed by atoms with E-state index in [0.29, 0.717) is 4.88 Å². The van der Waals surface area contributed by atoms with Gasteiger partial charge in [0, 0.05) is 21.6 Å². The molecule has 39 heavy (non-hydrogen) atoms. The van der Waals surface area contributed by atoms with Crippen LogP contribution < -0.4 is 5.32 Å². The van der Waals surface area contributed by atoms with E-state index < -0.39 is 0 Å². The highest BCUT2D eigenvalue weighted by Gasteiger charge is 2.25. The highest BCUT2D eigenvalue weighted by molar-refractivity contribution is 7.99. The smallest absolute Gasteiger partial charge is 0.307 e. The summed E-state index contributed by atoms with van der Waals surface area (Å²) in [7, 11) is 1.35. The van der Waals surface area contributed by atoms with Gasteiger partial charge in [0.2, 0.25) is 0 Å². The number of aryl methyl sites for hydroxylation is 2. The van der Waals surface area contributed by atoms with Crippen molar-refractivity contribution in [3.63, 3.8) is 0 Å². The van der Waals surface area contributed by atoms with Crippen LogP contribution in [0.3, 0.4) is 0 Å². The van der Waals surface area contributed by atoms with Gasteiger partial charge in [-0.25, -0.2) is 0 Å². The van der Waals surface area contributed by atoms with Crippen LogP contribution in [0.2, 0.25) is 0 Å². The maximum absolute atomic E-state index is 12.7. The predicted molar refractivity (Wildman–Crippen MR) is 166 cm³/mol. The van der Waals surface area contributed by atoms with Crippen molar-refractivity contribution in [3.8, 4) is 11.1 Å². The number of nitrogens with one attached hydrogen (secondary N) is 1. The van der Waals surface area contributed by atoms with E-state index in [1.807, 2.05) is 17.8 Å². The molecular formula is C33H43NO3S2. The van der Waals surface area contributed by atoms with Crippen molar-refractivity contribution in [2.24, 2.45) is 5.41 Å². The number of carbonyl (C=O) groups is 2. The number of thioether (sulfide) groups is 1. The molecule has 1 aromatic heterocycles. The first-order valence-electron chi connectivity index (χ1n) is 13.5. The molecule has 1 N–H and O–H groups in total. The quantitative estimate of drug-likeness (QED) is 0.208. The van der Waals surface area contributed by atoms with Crippen molar-refractivity contribution in [1.29, 1.82) is 0 Å². The number of benzene rings is 2. The predicted octanol–water partition coefficient (Wildman–Crippen LogP) is 8.89. The molecule has 0 aliphatic heterocycles. The monoisotopic (exact) mass is 565 g/mol. The SMILES string of the molecule is COC(=O)CCNC(=O)c1ccc([C@@H](CC(C)(C)C)Sc2cc(C)c(-c3ccc(C(C)(C)C)cc3)c(C)c2)s1. The van der Waals surface area contributed by atoms with Gasteiger partial charge in [0.05, 0.1) is 18.4 Å². The molecule has 0 bridgehead atoms. The van der Waals surface area contributed by atoms with Crippen molar-refractivity contribution in [3.05, 3.63) is 75.0 Å². The third kappa shape index (κ3) is 8.71. The summed E-state index contributed by atoms with van der Waals surface area (Å²) in [5.41, 5.74) is 6.70. The molecule has 0 radical (unpaired) electrons. The number of ether oxygens (including phenoxy) is 1. The molecule has 4 nitrogen and oxygen atoms in total. The zero-order valence-corrected chi connectivity index (χ0v) is 26.5. The van der Waals surface area contributed by atoms with Crippen molar-refractivity contribution >= 4 is 35.0 Å². The highest BCUT2D eigenvalue weighted by Crippen LogP contribution is 2.46. The second-order valence-electron chi connectivity index (χ2n) is 12.4. The number of amides is 1. The van der Waals surface area contributed by atoms with Crippen LogP contribution in [0.4, 0.5) is 0 Å². The van der Waals surface area contributed by atoms with E-state index in [0.717, 1.165) is 6.42 Å². The molecule has 0 aliphatic carbocycles. The van der Waals surface area contributed by atoms with E-state index in [-0.39, 0.29) is 40.9 Å². The standard InChI is InChI=1S/C33H43NO3S2/c1-21-18-25(19-22(2)30(21)23-10-12-24(13-11-23)33(6,7)8)38-28(20-32(3,4)5)26-14-15-27(39-26)31(36)34-17-16-29(35)37-9/h10-15,18-19,28H,16-17,20H2,1-9H3,(H,34,36)/t28-/m1/s1. The first-order valence-corrected chi connectivity index (χ1v) is 15.2. The molecular weight excluding hydrogens is 523 g/mol. The Labute approximate surface area is 242 Å². The summed E-state index contributed by atoms with van der Waals surface area (Å²) < 4.78 is 4.65. The fourth-order valence-electron chi connectivity index (χ4n) is 4.62. The number of thiophene rings is 1. The van der Waals surface area contributed by atoms with E-state index in [1.165, 1.54) is 56.0 Å². The summed E-state index contributed by atoms with van der Waals surface area (Å²) in [4.78, 5) is 27.1. The lowest BCUT2D eigenvalue weighted by Gasteiger charge is -2.25. The van der Waals surface area contributed by atoms with Crippen molar-refractivity contribution in [1.82, 2.24) is 5.32 Å². The van der Waals surface area contributed by atoms with Crippen LogP contribution in [0.25, 0.3) is 11.1 Å². The molecule has 2 aromatic carbocycles. The van der Waals surface area contributed by atoms with Crippen molar-refractivity contribution in [2.45, 2.75) is 83.8 Å². The number of carbonyl (C=O) groups excluding carboxylic acids is 2. The Hall–Kier alpha value is -2.57. The number of hydrogen-bond acceptors (Lipinski definition) is 5. The average Bonchev–Trinajstić information content (AvgIpc) is 3.32. The van der Waals surface area contributed by atoms with Gasteiger partial charge in [-0.1, -0.05) is 65.8 Å². The fraction of sp³-hybridized carbons (Fsp3) is 0.455. The molecule has 3 aromatic rings. The van der Waals surface area contributed by atoms with E-state index in [9.17, 15) is 9.59 Å². The fourth-order valence-corrected chi connectivity index (χ4v) is 7.41. The molecule has 6 heteroatoms. The Morgan fingerprint density at radius 3 is 2.10 bits per heavy atom. The van der Waals surface area contributed by atoms with Gasteiger partial charge in [-0.05, 0) is 83.2 Å². The molecule has 210 valence electrons. The Morgan fingerprint density at radius 2 is 1.56 bits per heavy atom. The molecule has 0 fully saturated rings. The topological polar surface area (TPSA) is 55.4 Å². The van der Waals surface area contributed by atoms with Gasteiger partial charge < -0.3 is 10.1 Å². The summed E-state index contributed by atoms with van der Waals surface area (Å²) in [6.07, 6.45) is 1.15. The summed E-state index contributed by atoms with van der Waals surface area (Å²) in [5.74, 6) is -0.481. The Kier molecular flexibility index (Phi) is 10.1. The van der Waals surface area contributed by atoms with Gasteiger partial charge in [-0.15, -0.1) is 23.1 Å². The van der Waals surface area contributed by atoms with Crippen molar-refractivity contribution in [2.75, 3.05) is 13.7 Å². The minimum absolute atomic E-state index is 0.128. The molecule has 0 saturated carbocycles. The third-order valence-electron chi connectivity index (χ3n) is 6.63. The normalized spacial score (nSPS) is 12.7. The second-order valence-corrected chi connectivity index (χ2v) is 14.8. The van der Waals surface area contributed by atoms with Crippen LogP contribution in [0.5, 0.6) is 0 Å². The molecule has 0 aliphatic rings. The molecule has 1 heterocycles. The minimum atomic E-state index is -0.331. The summed E-state index contributed by atoms with van der Waals surface area (Å²) >= 11 is 3.41. The van der Waals surface area contributed by atoms with Gasteiger partial charge in [0.1, 0.15) is 0 Å². The summed E-state index contributed by atoms with van der Waals surface area (Å²) in [6.45, 7) is 18.2. The van der Waals surface area contributed by atoms with E-state index in [4.69, 9.17) is 0 Å². The maximum atomic E-state index is 12.7. The van der Waals surface area contributed by atoms with Gasteiger partial charge >= 0.3 is 5.97 Å². The molecule has 0 spiro atoms. The van der Waals surface area contributed by atoms with Crippen LogP contribution in [-0.4, -0.2) is 25.5 Å². The number of methoxy groups -OCH3 is 1. The van der Waals surface area contributed by atoms with Crippen molar-refractivity contribution < 1.29 is 14.3 Å². The van der Waals surface area contributed by atoms with Gasteiger partial charge in [0.25, 0.3) is 5.91 Å². The minimum Gasteiger partial charge on any atom is -0.469 e. The first kappa shape index (κ1) is 31.0. The lowest BCUT2D eigenvalue weighted by Crippen LogP contribution is -2.25. The lowest BCUT2D eigenvalue weighted by atomic mass is 9.85. The van der Waals surface area contributed by atoms with Crippen LogP contribution in [-0.2, 0) is 14.9 Å². The number of hydrogen-bond donors (Lipinski definition) is 1. The lowest BCUT2D eigenvalue weighted by molar-refractivity contribution is -0.140. The highest BCUT2D eigenvalue weighted by atomic mass is 32.2. The molecule has 3 rings (SSSR count). The van der Waals surface area contributed by atoms with Gasteiger partial charge in [-0.2, -0.15) is 0 Å². The molecule has 0 saturated heterocycles. The largest absolute Gasteiger partial charge is 0.469 e.